The van der Waals surface area contributed by atoms with Crippen LogP contribution in [0, 0.1) is 0 Å². The van der Waals surface area contributed by atoms with E-state index in [-0.39, 0.29) is 42.4 Å². The van der Waals surface area contributed by atoms with E-state index in [1.54, 1.807) is 48.5 Å². The summed E-state index contributed by atoms with van der Waals surface area (Å²) in [7, 11) is 1.35. The Bertz CT molecular complexity index is 1300. The fraction of sp³-hybridized carbons (Fsp3) is 0.214. The normalized spacial score (nSPS) is 11.3. The zero-order chi connectivity index (χ0) is 28.4. The Hall–Kier alpha value is -4.67. The number of anilines is 2. The van der Waals surface area contributed by atoms with E-state index < -0.39 is 24.5 Å². The molecule has 0 unspecified atom stereocenters. The first-order valence-electron chi connectivity index (χ1n) is 11.7. The summed E-state index contributed by atoms with van der Waals surface area (Å²) in [4.78, 5) is 24.6. The molecule has 0 radical (unpaired) electrons. The second-order valence-electron chi connectivity index (χ2n) is 8.34. The summed E-state index contributed by atoms with van der Waals surface area (Å²) in [6.45, 7) is -0.140. The lowest BCUT2D eigenvalue weighted by atomic mass is 10.2. The molecule has 8 nitrogen and oxygen atoms in total. The van der Waals surface area contributed by atoms with E-state index in [4.69, 9.17) is 30.4 Å². The molecular formula is C28H27F3N2O6. The smallest absolute Gasteiger partial charge is 0.389 e. The minimum absolute atomic E-state index is 0.0171. The van der Waals surface area contributed by atoms with Gasteiger partial charge < -0.3 is 30.4 Å². The highest BCUT2D eigenvalue weighted by Crippen LogP contribution is 2.29. The minimum Gasteiger partial charge on any atom is -0.493 e. The van der Waals surface area contributed by atoms with Gasteiger partial charge in [0.05, 0.1) is 19.3 Å². The molecule has 0 saturated carbocycles. The van der Waals surface area contributed by atoms with Gasteiger partial charge in [-0.15, -0.1) is 0 Å². The highest BCUT2D eigenvalue weighted by molar-refractivity contribution is 5.92. The van der Waals surface area contributed by atoms with E-state index in [1.165, 1.54) is 31.4 Å². The lowest BCUT2D eigenvalue weighted by molar-refractivity contribution is -0.139. The summed E-state index contributed by atoms with van der Waals surface area (Å²) >= 11 is 0. The van der Waals surface area contributed by atoms with Crippen LogP contribution in [0.2, 0.25) is 0 Å². The Labute approximate surface area is 222 Å². The van der Waals surface area contributed by atoms with E-state index in [1.807, 2.05) is 0 Å². The molecule has 3 aromatic rings. The molecule has 0 aliphatic heterocycles. The average Bonchev–Trinajstić information content (AvgIpc) is 2.88. The van der Waals surface area contributed by atoms with Crippen LogP contribution in [0.15, 0.2) is 66.7 Å². The maximum Gasteiger partial charge on any atom is 0.389 e. The summed E-state index contributed by atoms with van der Waals surface area (Å²) in [5.74, 6) is -0.587. The van der Waals surface area contributed by atoms with Crippen molar-refractivity contribution in [2.45, 2.75) is 25.6 Å². The number of carbonyl (C=O) groups excluding carboxylic acids is 2. The number of carbonyl (C=O) groups is 2. The zero-order valence-corrected chi connectivity index (χ0v) is 21.0. The van der Waals surface area contributed by atoms with E-state index in [2.05, 4.69) is 0 Å². The monoisotopic (exact) mass is 544 g/mol. The molecule has 0 amide bonds. The van der Waals surface area contributed by atoms with Crippen molar-refractivity contribution in [2.24, 2.45) is 0 Å². The van der Waals surface area contributed by atoms with E-state index in [0.717, 1.165) is 0 Å². The van der Waals surface area contributed by atoms with Crippen molar-refractivity contribution in [3.8, 4) is 17.2 Å². The number of halogens is 3. The van der Waals surface area contributed by atoms with Crippen LogP contribution in [0.1, 0.15) is 34.3 Å². The molecule has 0 atom stereocenters. The van der Waals surface area contributed by atoms with Crippen LogP contribution in [-0.2, 0) is 16.1 Å². The van der Waals surface area contributed by atoms with Gasteiger partial charge in [0.25, 0.3) is 0 Å². The Morgan fingerprint density at radius 1 is 0.923 bits per heavy atom. The minimum atomic E-state index is -4.25. The quantitative estimate of drug-likeness (QED) is 0.106. The summed E-state index contributed by atoms with van der Waals surface area (Å²) in [5.41, 5.74) is 13.9. The summed E-state index contributed by atoms with van der Waals surface area (Å²) in [6.07, 6.45) is -2.62. The van der Waals surface area contributed by atoms with Crippen molar-refractivity contribution in [3.05, 3.63) is 83.4 Å². The first-order chi connectivity index (χ1) is 18.5. The number of nitrogen functional groups attached to an aromatic ring is 2. The molecule has 0 aliphatic rings. The van der Waals surface area contributed by atoms with Crippen LogP contribution in [0.4, 0.5) is 24.5 Å². The molecule has 0 spiro atoms. The number of nitrogens with two attached hydrogens (primary N) is 2. The first-order valence-corrected chi connectivity index (χ1v) is 11.7. The van der Waals surface area contributed by atoms with Crippen molar-refractivity contribution in [3.63, 3.8) is 0 Å². The summed E-state index contributed by atoms with van der Waals surface area (Å²) in [5, 5.41) is 0. The van der Waals surface area contributed by atoms with Crippen LogP contribution in [-0.4, -0.2) is 31.8 Å². The standard InChI is InChI=1S/C28H27F3N2O6/c1-36-25-15-20(6-9-24(25)37-12-2-11-28(29,30)31)27(35)39-23-7-3-18(4-8-23)5-10-26(34)38-17-19-13-21(32)16-22(33)14-19/h3-10,13-16H,2,11-12,17,32-33H2,1H3. The predicted octanol–water partition coefficient (Wildman–Crippen LogP) is 5.56. The van der Waals surface area contributed by atoms with Crippen molar-refractivity contribution >= 4 is 29.4 Å². The van der Waals surface area contributed by atoms with E-state index >= 15 is 0 Å². The topological polar surface area (TPSA) is 123 Å². The number of esters is 2. The highest BCUT2D eigenvalue weighted by Gasteiger charge is 2.26. The van der Waals surface area contributed by atoms with Crippen LogP contribution in [0.25, 0.3) is 6.08 Å². The predicted molar refractivity (Wildman–Crippen MR) is 139 cm³/mol. The van der Waals surface area contributed by atoms with Gasteiger partial charge in [-0.1, -0.05) is 12.1 Å². The van der Waals surface area contributed by atoms with E-state index in [9.17, 15) is 22.8 Å². The van der Waals surface area contributed by atoms with Gasteiger partial charge in [0.1, 0.15) is 12.4 Å². The molecule has 3 aromatic carbocycles. The van der Waals surface area contributed by atoms with Gasteiger partial charge in [-0.25, -0.2) is 9.59 Å². The summed E-state index contributed by atoms with van der Waals surface area (Å²) in [6, 6.07) is 15.5. The Morgan fingerprint density at radius 2 is 1.62 bits per heavy atom. The second kappa shape index (κ2) is 13.2. The molecule has 39 heavy (non-hydrogen) atoms. The molecule has 0 bridgehead atoms. The third-order valence-electron chi connectivity index (χ3n) is 5.18. The van der Waals surface area contributed by atoms with Crippen molar-refractivity contribution in [1.29, 1.82) is 0 Å². The van der Waals surface area contributed by atoms with Gasteiger partial charge >= 0.3 is 18.1 Å². The molecular weight excluding hydrogens is 517 g/mol. The molecule has 0 heterocycles. The van der Waals surface area contributed by atoms with Crippen molar-refractivity contribution in [1.82, 2.24) is 0 Å². The number of hydrogen-bond donors (Lipinski definition) is 2. The molecule has 4 N–H and O–H groups in total. The number of rotatable bonds is 11. The lowest BCUT2D eigenvalue weighted by Gasteiger charge is -2.12. The number of benzene rings is 3. The fourth-order valence-corrected chi connectivity index (χ4v) is 3.38. The van der Waals surface area contributed by atoms with Gasteiger partial charge in [-0.05, 0) is 72.2 Å². The molecule has 0 aromatic heterocycles. The van der Waals surface area contributed by atoms with Gasteiger partial charge in [-0.3, -0.25) is 0 Å². The molecule has 11 heteroatoms. The molecule has 206 valence electrons. The van der Waals surface area contributed by atoms with Crippen LogP contribution < -0.4 is 25.7 Å². The van der Waals surface area contributed by atoms with Crippen molar-refractivity contribution < 1.29 is 41.7 Å². The Morgan fingerprint density at radius 3 is 2.26 bits per heavy atom. The van der Waals surface area contributed by atoms with Gasteiger partial charge in [0, 0.05) is 23.9 Å². The number of ether oxygens (including phenoxy) is 4. The van der Waals surface area contributed by atoms with Crippen LogP contribution in [0.3, 0.4) is 0 Å². The third kappa shape index (κ3) is 9.62. The van der Waals surface area contributed by atoms with Gasteiger partial charge in [0.15, 0.2) is 11.5 Å². The van der Waals surface area contributed by atoms with Crippen LogP contribution in [0.5, 0.6) is 17.2 Å². The lowest BCUT2D eigenvalue weighted by Crippen LogP contribution is -2.11. The number of alkyl halides is 3. The second-order valence-corrected chi connectivity index (χ2v) is 8.34. The first kappa shape index (κ1) is 28.9. The Balaban J connectivity index is 1.52. The van der Waals surface area contributed by atoms with Gasteiger partial charge in [-0.2, -0.15) is 13.2 Å². The Kier molecular flexibility index (Phi) is 9.80. The molecule has 0 saturated heterocycles. The number of methoxy groups -OCH3 is 1. The largest absolute Gasteiger partial charge is 0.493 e. The average molecular weight is 545 g/mol. The maximum absolute atomic E-state index is 12.6. The molecule has 0 fully saturated rings. The number of hydrogen-bond acceptors (Lipinski definition) is 8. The third-order valence-corrected chi connectivity index (χ3v) is 5.18. The van der Waals surface area contributed by atoms with Crippen LogP contribution >= 0.6 is 0 Å². The maximum atomic E-state index is 12.6. The zero-order valence-electron chi connectivity index (χ0n) is 21.0. The summed E-state index contributed by atoms with van der Waals surface area (Å²) < 4.78 is 57.9. The van der Waals surface area contributed by atoms with E-state index in [0.29, 0.717) is 22.5 Å². The molecule has 3 rings (SSSR count). The fourth-order valence-electron chi connectivity index (χ4n) is 3.38. The van der Waals surface area contributed by atoms with Gasteiger partial charge in [0.2, 0.25) is 0 Å². The highest BCUT2D eigenvalue weighted by atomic mass is 19.4. The molecule has 0 aliphatic carbocycles. The van der Waals surface area contributed by atoms with Crippen molar-refractivity contribution in [2.75, 3.05) is 25.2 Å². The SMILES string of the molecule is COc1cc(C(=O)Oc2ccc(C=CC(=O)OCc3cc(N)cc(N)c3)cc2)ccc1OCCCC(F)(F)F.